The van der Waals surface area contributed by atoms with Crippen molar-refractivity contribution in [1.29, 1.82) is 0 Å². The Morgan fingerprint density at radius 1 is 1.43 bits per heavy atom. The zero-order valence-electron chi connectivity index (χ0n) is 13.2. The van der Waals surface area contributed by atoms with Crippen LogP contribution < -0.4 is 5.32 Å². The summed E-state index contributed by atoms with van der Waals surface area (Å²) in [6.45, 7) is 8.36. The minimum Gasteiger partial charge on any atom is -0.481 e. The number of aromatic nitrogens is 2. The normalized spacial score (nSPS) is 29.8. The van der Waals surface area contributed by atoms with E-state index in [1.165, 1.54) is 0 Å². The molecule has 1 aliphatic rings. The Kier molecular flexibility index (Phi) is 4.61. The van der Waals surface area contributed by atoms with Gasteiger partial charge in [-0.15, -0.1) is 0 Å². The van der Waals surface area contributed by atoms with Gasteiger partial charge in [0.15, 0.2) is 0 Å². The molecule has 1 heterocycles. The maximum Gasteiger partial charge on any atom is 0.307 e. The molecule has 0 aromatic carbocycles. The highest BCUT2D eigenvalue weighted by Gasteiger charge is 2.46. The minimum atomic E-state index is -0.674. The van der Waals surface area contributed by atoms with Crippen LogP contribution in [0, 0.1) is 17.3 Å². The molecule has 5 nitrogen and oxygen atoms in total. The number of aliphatic carboxylic acids is 1. The summed E-state index contributed by atoms with van der Waals surface area (Å²) in [5, 5.41) is 13.0. The molecule has 1 fully saturated rings. The van der Waals surface area contributed by atoms with Crippen molar-refractivity contribution >= 4 is 5.97 Å². The first-order valence-corrected chi connectivity index (χ1v) is 7.58. The van der Waals surface area contributed by atoms with Crippen LogP contribution in [0.15, 0.2) is 18.6 Å². The number of nitrogens with one attached hydrogen (secondary N) is 1. The van der Waals surface area contributed by atoms with Crippen LogP contribution in [0.2, 0.25) is 0 Å². The molecule has 0 saturated heterocycles. The first kappa shape index (κ1) is 15.9. The molecule has 0 amide bonds. The lowest BCUT2D eigenvalue weighted by Crippen LogP contribution is -2.51. The van der Waals surface area contributed by atoms with E-state index in [2.05, 4.69) is 43.0 Å². The molecule has 4 unspecified atom stereocenters. The van der Waals surface area contributed by atoms with Crippen LogP contribution in [-0.4, -0.2) is 27.1 Å². The molecule has 21 heavy (non-hydrogen) atoms. The summed E-state index contributed by atoms with van der Waals surface area (Å²) in [6, 6.07) is 0.413. The third-order valence-electron chi connectivity index (χ3n) is 5.23. The van der Waals surface area contributed by atoms with Crippen LogP contribution in [0.4, 0.5) is 0 Å². The predicted molar refractivity (Wildman–Crippen MR) is 80.7 cm³/mol. The predicted octanol–water partition coefficient (Wildman–Crippen LogP) is 2.65. The number of carbonyl (C=O) groups is 1. The second-order valence-corrected chi connectivity index (χ2v) is 6.70. The van der Waals surface area contributed by atoms with E-state index < -0.39 is 5.97 Å². The summed E-state index contributed by atoms with van der Waals surface area (Å²) in [6.07, 6.45) is 6.74. The van der Waals surface area contributed by atoms with Crippen molar-refractivity contribution < 1.29 is 9.90 Å². The number of hydrogen-bond acceptors (Lipinski definition) is 4. The fraction of sp³-hybridized carbons (Fsp3) is 0.688. The molecule has 5 heteroatoms. The summed E-state index contributed by atoms with van der Waals surface area (Å²) in [4.78, 5) is 19.9. The standard InChI is InChI=1S/C16H25N3O2/c1-10-13(6-5-12(15(20)21)16(10,3)4)19-11(2)14-9-17-7-8-18-14/h7-13,19H,5-6H2,1-4H3,(H,20,21). The average molecular weight is 291 g/mol. The van der Waals surface area contributed by atoms with Crippen LogP contribution in [-0.2, 0) is 4.79 Å². The highest BCUT2D eigenvalue weighted by Crippen LogP contribution is 2.45. The summed E-state index contributed by atoms with van der Waals surface area (Å²) in [5.41, 5.74) is 0.701. The maximum absolute atomic E-state index is 11.4. The average Bonchev–Trinajstić information content (AvgIpc) is 2.44. The van der Waals surface area contributed by atoms with Gasteiger partial charge in [0.2, 0.25) is 0 Å². The van der Waals surface area contributed by atoms with E-state index in [1.807, 2.05) is 0 Å². The van der Waals surface area contributed by atoms with Crippen molar-refractivity contribution in [1.82, 2.24) is 15.3 Å². The quantitative estimate of drug-likeness (QED) is 0.892. The third-order valence-corrected chi connectivity index (χ3v) is 5.23. The Labute approximate surface area is 126 Å². The number of hydrogen-bond donors (Lipinski definition) is 2. The molecule has 1 saturated carbocycles. The van der Waals surface area contributed by atoms with Crippen LogP contribution in [0.25, 0.3) is 0 Å². The van der Waals surface area contributed by atoms with E-state index in [0.29, 0.717) is 6.04 Å². The molecule has 116 valence electrons. The lowest BCUT2D eigenvalue weighted by Gasteiger charge is -2.47. The fourth-order valence-electron chi connectivity index (χ4n) is 3.41. The molecule has 0 spiro atoms. The molecule has 4 atom stereocenters. The smallest absolute Gasteiger partial charge is 0.307 e. The van der Waals surface area contributed by atoms with E-state index in [4.69, 9.17) is 0 Å². The molecule has 1 aromatic rings. The number of carboxylic acid groups (broad SMARTS) is 1. The second kappa shape index (κ2) is 6.10. The van der Waals surface area contributed by atoms with Crippen LogP contribution in [0.5, 0.6) is 0 Å². The van der Waals surface area contributed by atoms with E-state index in [-0.39, 0.29) is 23.3 Å². The van der Waals surface area contributed by atoms with Gasteiger partial charge in [0.25, 0.3) is 0 Å². The Hall–Kier alpha value is -1.49. The molecule has 2 rings (SSSR count). The van der Waals surface area contributed by atoms with Gasteiger partial charge in [0, 0.05) is 30.7 Å². The summed E-state index contributed by atoms with van der Waals surface area (Å²) < 4.78 is 0. The molecule has 0 aliphatic heterocycles. The largest absolute Gasteiger partial charge is 0.481 e. The number of nitrogens with zero attached hydrogens (tertiary/aromatic N) is 2. The van der Waals surface area contributed by atoms with Crippen molar-refractivity contribution in [3.63, 3.8) is 0 Å². The monoisotopic (exact) mass is 291 g/mol. The van der Waals surface area contributed by atoms with Crippen molar-refractivity contribution in [3.8, 4) is 0 Å². The van der Waals surface area contributed by atoms with E-state index in [9.17, 15) is 9.90 Å². The van der Waals surface area contributed by atoms with Crippen LogP contribution in [0.3, 0.4) is 0 Å². The van der Waals surface area contributed by atoms with Crippen LogP contribution in [0.1, 0.15) is 52.3 Å². The third kappa shape index (κ3) is 3.23. The van der Waals surface area contributed by atoms with Gasteiger partial charge < -0.3 is 10.4 Å². The van der Waals surface area contributed by atoms with Gasteiger partial charge in [-0.25, -0.2) is 0 Å². The maximum atomic E-state index is 11.4. The van der Waals surface area contributed by atoms with Gasteiger partial charge in [-0.05, 0) is 31.1 Å². The summed E-state index contributed by atoms with van der Waals surface area (Å²) in [7, 11) is 0. The molecule has 0 radical (unpaired) electrons. The summed E-state index contributed by atoms with van der Waals surface area (Å²) in [5.74, 6) is -0.656. The van der Waals surface area contributed by atoms with Gasteiger partial charge in [-0.1, -0.05) is 20.8 Å². The van der Waals surface area contributed by atoms with Crippen molar-refractivity contribution in [2.45, 2.75) is 52.6 Å². The Morgan fingerprint density at radius 3 is 2.71 bits per heavy atom. The van der Waals surface area contributed by atoms with E-state index in [1.54, 1.807) is 18.6 Å². The Balaban J connectivity index is 2.07. The Bertz CT molecular complexity index is 490. The van der Waals surface area contributed by atoms with Gasteiger partial charge in [-0.3, -0.25) is 14.8 Å². The highest BCUT2D eigenvalue weighted by molar-refractivity contribution is 5.71. The lowest BCUT2D eigenvalue weighted by molar-refractivity contribution is -0.150. The molecular weight excluding hydrogens is 266 g/mol. The first-order valence-electron chi connectivity index (χ1n) is 7.58. The van der Waals surface area contributed by atoms with Crippen LogP contribution >= 0.6 is 0 Å². The zero-order valence-corrected chi connectivity index (χ0v) is 13.2. The summed E-state index contributed by atoms with van der Waals surface area (Å²) >= 11 is 0. The molecule has 1 aromatic heterocycles. The van der Waals surface area contributed by atoms with Crippen molar-refractivity contribution in [2.75, 3.05) is 0 Å². The lowest BCUT2D eigenvalue weighted by atomic mass is 9.61. The highest BCUT2D eigenvalue weighted by atomic mass is 16.4. The van der Waals surface area contributed by atoms with Crippen molar-refractivity contribution in [3.05, 3.63) is 24.3 Å². The van der Waals surface area contributed by atoms with Gasteiger partial charge in [-0.2, -0.15) is 0 Å². The van der Waals surface area contributed by atoms with Gasteiger partial charge in [0.1, 0.15) is 0 Å². The Morgan fingerprint density at radius 2 is 2.14 bits per heavy atom. The molecular formula is C16H25N3O2. The first-order chi connectivity index (χ1) is 9.84. The fourth-order valence-corrected chi connectivity index (χ4v) is 3.41. The van der Waals surface area contributed by atoms with Gasteiger partial charge in [0.05, 0.1) is 11.6 Å². The van der Waals surface area contributed by atoms with Crippen molar-refractivity contribution in [2.24, 2.45) is 17.3 Å². The topological polar surface area (TPSA) is 75.1 Å². The molecule has 0 bridgehead atoms. The zero-order chi connectivity index (χ0) is 15.6. The number of carboxylic acids is 1. The van der Waals surface area contributed by atoms with Gasteiger partial charge >= 0.3 is 5.97 Å². The SMILES string of the molecule is CC(NC1CCC(C(=O)O)C(C)(C)C1C)c1cnccn1. The van der Waals surface area contributed by atoms with E-state index >= 15 is 0 Å². The second-order valence-electron chi connectivity index (χ2n) is 6.70. The van der Waals surface area contributed by atoms with E-state index in [0.717, 1.165) is 18.5 Å². The molecule has 2 N–H and O–H groups in total. The molecule has 1 aliphatic carbocycles. The minimum absolute atomic E-state index is 0.114. The number of rotatable bonds is 4.